The number of carbonyl (C=O) groups is 4. The molecule has 1 heterocycles. The summed E-state index contributed by atoms with van der Waals surface area (Å²) in [6.45, 7) is 0.972. The summed E-state index contributed by atoms with van der Waals surface area (Å²) < 4.78 is 15.4. The van der Waals surface area contributed by atoms with Gasteiger partial charge in [-0.05, 0) is 24.6 Å². The van der Waals surface area contributed by atoms with Crippen LogP contribution in [0.3, 0.4) is 0 Å². The number of methoxy groups -OCH3 is 2. The molecular weight excluding hydrogens is 370 g/mol. The molecule has 1 aliphatic heterocycles. The fraction of sp³-hybridized carbons (Fsp3) is 0.444. The summed E-state index contributed by atoms with van der Waals surface area (Å²) in [5.41, 5.74) is 0.765. The molecule has 0 spiro atoms. The number of benzene rings is 1. The number of esters is 1. The van der Waals surface area contributed by atoms with Crippen molar-refractivity contribution in [3.63, 3.8) is 0 Å². The molecule has 1 saturated heterocycles. The van der Waals surface area contributed by atoms with E-state index in [9.17, 15) is 19.2 Å². The van der Waals surface area contributed by atoms with Gasteiger partial charge in [-0.15, -0.1) is 0 Å². The quantitative estimate of drug-likeness (QED) is 0.494. The summed E-state index contributed by atoms with van der Waals surface area (Å²) in [6, 6.07) is 4.62. The summed E-state index contributed by atoms with van der Waals surface area (Å²) >= 11 is 0. The number of amides is 4. The van der Waals surface area contributed by atoms with E-state index in [1.807, 2.05) is 0 Å². The van der Waals surface area contributed by atoms with E-state index in [1.165, 1.54) is 33.1 Å². The highest BCUT2D eigenvalue weighted by Gasteiger charge is 2.35. The van der Waals surface area contributed by atoms with E-state index in [-0.39, 0.29) is 13.1 Å². The van der Waals surface area contributed by atoms with E-state index in [0.717, 1.165) is 10.5 Å². The van der Waals surface area contributed by atoms with Gasteiger partial charge in [0, 0.05) is 13.6 Å². The monoisotopic (exact) mass is 393 g/mol. The Balaban J connectivity index is 1.85. The molecule has 4 amide bonds. The lowest BCUT2D eigenvalue weighted by Gasteiger charge is -2.17. The fourth-order valence-electron chi connectivity index (χ4n) is 2.56. The SMILES string of the molecule is COc1ccc(CNC(=O)[C@@H](C)OC(=O)CN2C(=O)CN(C)C2=O)cc1OC. The van der Waals surface area contributed by atoms with Crippen LogP contribution in [0, 0.1) is 0 Å². The number of nitrogens with one attached hydrogen (secondary N) is 1. The van der Waals surface area contributed by atoms with Crippen molar-refractivity contribution in [2.24, 2.45) is 0 Å². The van der Waals surface area contributed by atoms with Gasteiger partial charge in [-0.2, -0.15) is 0 Å². The molecule has 0 radical (unpaired) electrons. The van der Waals surface area contributed by atoms with E-state index in [0.29, 0.717) is 11.5 Å². The second-order valence-corrected chi connectivity index (χ2v) is 6.16. The lowest BCUT2D eigenvalue weighted by Crippen LogP contribution is -2.40. The molecule has 1 atom stereocenters. The van der Waals surface area contributed by atoms with E-state index in [1.54, 1.807) is 18.2 Å². The van der Waals surface area contributed by atoms with Crippen LogP contribution in [0.5, 0.6) is 11.5 Å². The van der Waals surface area contributed by atoms with Gasteiger partial charge in [-0.1, -0.05) is 6.07 Å². The van der Waals surface area contributed by atoms with Crippen molar-refractivity contribution >= 4 is 23.8 Å². The van der Waals surface area contributed by atoms with Gasteiger partial charge in [-0.3, -0.25) is 19.3 Å². The van der Waals surface area contributed by atoms with Crippen LogP contribution < -0.4 is 14.8 Å². The van der Waals surface area contributed by atoms with Gasteiger partial charge >= 0.3 is 12.0 Å². The molecule has 0 unspecified atom stereocenters. The molecule has 0 aliphatic carbocycles. The second-order valence-electron chi connectivity index (χ2n) is 6.16. The number of rotatable bonds is 8. The van der Waals surface area contributed by atoms with Crippen LogP contribution in [0.15, 0.2) is 18.2 Å². The second kappa shape index (κ2) is 9.07. The molecule has 152 valence electrons. The Kier molecular flexibility index (Phi) is 6.80. The average molecular weight is 393 g/mol. The molecule has 0 bridgehead atoms. The van der Waals surface area contributed by atoms with Gasteiger partial charge in [0.1, 0.15) is 13.1 Å². The minimum absolute atomic E-state index is 0.0898. The largest absolute Gasteiger partial charge is 0.493 e. The van der Waals surface area contributed by atoms with Gasteiger partial charge in [0.05, 0.1) is 14.2 Å². The van der Waals surface area contributed by atoms with E-state index >= 15 is 0 Å². The van der Waals surface area contributed by atoms with Crippen molar-refractivity contribution in [3.05, 3.63) is 23.8 Å². The van der Waals surface area contributed by atoms with Gasteiger partial charge in [0.25, 0.3) is 11.8 Å². The molecule has 28 heavy (non-hydrogen) atoms. The molecule has 1 aromatic rings. The summed E-state index contributed by atoms with van der Waals surface area (Å²) in [7, 11) is 4.49. The molecule has 1 fully saturated rings. The van der Waals surface area contributed by atoms with Gasteiger partial charge in [0.2, 0.25) is 0 Å². The van der Waals surface area contributed by atoms with E-state index < -0.39 is 36.5 Å². The van der Waals surface area contributed by atoms with Crippen molar-refractivity contribution in [3.8, 4) is 11.5 Å². The highest BCUT2D eigenvalue weighted by Crippen LogP contribution is 2.27. The zero-order chi connectivity index (χ0) is 20.8. The van der Waals surface area contributed by atoms with Crippen molar-refractivity contribution in [2.45, 2.75) is 19.6 Å². The normalized spacial score (nSPS) is 14.7. The van der Waals surface area contributed by atoms with E-state index in [2.05, 4.69) is 5.32 Å². The molecule has 0 saturated carbocycles. The van der Waals surface area contributed by atoms with Crippen molar-refractivity contribution < 1.29 is 33.4 Å². The average Bonchev–Trinajstić information content (AvgIpc) is 2.91. The Bertz CT molecular complexity index is 780. The topological polar surface area (TPSA) is 114 Å². The molecule has 10 nitrogen and oxygen atoms in total. The zero-order valence-electron chi connectivity index (χ0n) is 16.2. The maximum atomic E-state index is 12.1. The van der Waals surface area contributed by atoms with Crippen LogP contribution in [-0.2, 0) is 25.7 Å². The third-order valence-electron chi connectivity index (χ3n) is 4.11. The van der Waals surface area contributed by atoms with E-state index in [4.69, 9.17) is 14.2 Å². The number of imide groups is 1. The Morgan fingerprint density at radius 1 is 1.18 bits per heavy atom. The summed E-state index contributed by atoms with van der Waals surface area (Å²) in [6.07, 6.45) is -1.09. The number of nitrogens with zero attached hydrogens (tertiary/aromatic N) is 2. The summed E-state index contributed by atoms with van der Waals surface area (Å²) in [5.74, 6) is -0.754. The predicted molar refractivity (Wildman–Crippen MR) is 96.7 cm³/mol. The number of carbonyl (C=O) groups excluding carboxylic acids is 4. The Morgan fingerprint density at radius 3 is 2.43 bits per heavy atom. The fourth-order valence-corrected chi connectivity index (χ4v) is 2.56. The van der Waals surface area contributed by atoms with Crippen molar-refractivity contribution in [1.29, 1.82) is 0 Å². The predicted octanol–water partition coefficient (Wildman–Crippen LogP) is 0.146. The molecule has 1 N–H and O–H groups in total. The molecule has 10 heteroatoms. The third-order valence-corrected chi connectivity index (χ3v) is 4.11. The molecule has 0 aromatic heterocycles. The lowest BCUT2D eigenvalue weighted by atomic mass is 10.2. The molecule has 1 aliphatic rings. The maximum absolute atomic E-state index is 12.1. The highest BCUT2D eigenvalue weighted by atomic mass is 16.5. The first-order valence-corrected chi connectivity index (χ1v) is 8.50. The first-order valence-electron chi connectivity index (χ1n) is 8.50. The number of ether oxygens (including phenoxy) is 3. The molecule has 2 rings (SSSR count). The first kappa shape index (κ1) is 21.0. The number of hydrogen-bond donors (Lipinski definition) is 1. The van der Waals surface area contributed by atoms with Crippen LogP contribution in [0.4, 0.5) is 4.79 Å². The van der Waals surface area contributed by atoms with Crippen LogP contribution in [0.1, 0.15) is 12.5 Å². The Morgan fingerprint density at radius 2 is 1.86 bits per heavy atom. The molecular formula is C18H23N3O7. The minimum atomic E-state index is -1.09. The van der Waals surface area contributed by atoms with Gasteiger partial charge in [-0.25, -0.2) is 4.79 Å². The first-order chi connectivity index (χ1) is 13.3. The maximum Gasteiger partial charge on any atom is 0.327 e. The number of hydrogen-bond acceptors (Lipinski definition) is 7. The standard InChI is InChI=1S/C18H23N3O7/c1-11(28-16(23)10-21-15(22)9-20(2)18(21)25)17(24)19-8-12-5-6-13(26-3)14(7-12)27-4/h5-7,11H,8-10H2,1-4H3,(H,19,24)/t11-/m1/s1. The lowest BCUT2D eigenvalue weighted by molar-refractivity contribution is -0.156. The van der Waals surface area contributed by atoms with Crippen LogP contribution in [0.2, 0.25) is 0 Å². The molecule has 1 aromatic carbocycles. The number of urea groups is 1. The van der Waals surface area contributed by atoms with Crippen LogP contribution in [0.25, 0.3) is 0 Å². The van der Waals surface area contributed by atoms with Gasteiger partial charge in [0.15, 0.2) is 17.6 Å². The zero-order valence-corrected chi connectivity index (χ0v) is 16.2. The highest BCUT2D eigenvalue weighted by molar-refractivity contribution is 6.04. The van der Waals surface area contributed by atoms with Crippen LogP contribution >= 0.6 is 0 Å². The summed E-state index contributed by atoms with van der Waals surface area (Å²) in [4.78, 5) is 49.5. The van der Waals surface area contributed by atoms with Crippen molar-refractivity contribution in [2.75, 3.05) is 34.4 Å². The van der Waals surface area contributed by atoms with Gasteiger partial charge < -0.3 is 24.4 Å². The minimum Gasteiger partial charge on any atom is -0.493 e. The smallest absolute Gasteiger partial charge is 0.327 e. The Labute approximate surface area is 162 Å². The van der Waals surface area contributed by atoms with Crippen molar-refractivity contribution in [1.82, 2.24) is 15.1 Å². The number of likely N-dealkylation sites (N-methyl/N-ethyl adjacent to an activating group) is 1. The summed E-state index contributed by atoms with van der Waals surface area (Å²) in [5, 5.41) is 2.64. The Hall–Kier alpha value is -3.30. The third kappa shape index (κ3) is 4.90. The van der Waals surface area contributed by atoms with Crippen LogP contribution in [-0.4, -0.2) is 74.1 Å².